The number of thiazole rings is 1. The van der Waals surface area contributed by atoms with E-state index in [0.717, 1.165) is 5.01 Å². The van der Waals surface area contributed by atoms with E-state index in [4.69, 9.17) is 14.5 Å². The number of hydrogen-bond donors (Lipinski definition) is 2. The van der Waals surface area contributed by atoms with E-state index in [1.165, 1.54) is 29.7 Å². The van der Waals surface area contributed by atoms with Crippen molar-refractivity contribution in [1.82, 2.24) is 24.8 Å². The summed E-state index contributed by atoms with van der Waals surface area (Å²) in [7, 11) is -3.78. The van der Waals surface area contributed by atoms with Gasteiger partial charge in [0.2, 0.25) is 21.9 Å². The molecule has 5 rings (SSSR count). The van der Waals surface area contributed by atoms with E-state index in [2.05, 4.69) is 20.0 Å². The lowest BCUT2D eigenvalue weighted by Gasteiger charge is -2.37. The van der Waals surface area contributed by atoms with Gasteiger partial charge in [-0.15, -0.1) is 11.3 Å². The average molecular weight is 788 g/mol. The van der Waals surface area contributed by atoms with Gasteiger partial charge in [-0.1, -0.05) is 13.0 Å². The summed E-state index contributed by atoms with van der Waals surface area (Å²) in [5, 5.41) is 3.26. The van der Waals surface area contributed by atoms with E-state index in [1.807, 2.05) is 25.7 Å². The van der Waals surface area contributed by atoms with Gasteiger partial charge in [-0.05, 0) is 91.8 Å². The molecule has 0 spiro atoms. The predicted molar refractivity (Wildman–Crippen MR) is 205 cm³/mol. The Morgan fingerprint density at radius 1 is 0.926 bits per heavy atom. The molecule has 0 atom stereocenters. The number of aromatic nitrogens is 3. The highest BCUT2D eigenvalue weighted by molar-refractivity contribution is 7.92. The van der Waals surface area contributed by atoms with Crippen molar-refractivity contribution < 1.29 is 36.7 Å². The smallest absolute Gasteiger partial charge is 0.414 e. The first kappa shape index (κ1) is 40.8. The van der Waals surface area contributed by atoms with Crippen LogP contribution >= 0.6 is 11.3 Å². The fourth-order valence-corrected chi connectivity index (χ4v) is 8.68. The fourth-order valence-electron chi connectivity index (χ4n) is 6.33. The van der Waals surface area contributed by atoms with Crippen molar-refractivity contribution in [2.75, 3.05) is 42.0 Å². The summed E-state index contributed by atoms with van der Waals surface area (Å²) in [4.78, 5) is 56.3. The van der Waals surface area contributed by atoms with Gasteiger partial charge in [-0.25, -0.2) is 37.3 Å². The maximum absolute atomic E-state index is 16.2. The zero-order chi connectivity index (χ0) is 39.4. The number of piperidine rings is 2. The van der Waals surface area contributed by atoms with Crippen LogP contribution < -0.4 is 10.0 Å². The monoisotopic (exact) mass is 787 g/mol. The van der Waals surface area contributed by atoms with E-state index >= 15 is 4.39 Å². The first-order valence-corrected chi connectivity index (χ1v) is 20.7. The van der Waals surface area contributed by atoms with Crippen LogP contribution in [0.25, 0.3) is 21.8 Å². The summed E-state index contributed by atoms with van der Waals surface area (Å²) in [5.74, 6) is -1.11. The number of ether oxygens (including phenoxy) is 2. The van der Waals surface area contributed by atoms with Gasteiger partial charge in [-0.2, -0.15) is 0 Å². The van der Waals surface area contributed by atoms with E-state index in [-0.39, 0.29) is 52.5 Å². The molecule has 3 aromatic rings. The Bertz CT molecular complexity index is 1940. The van der Waals surface area contributed by atoms with Crippen LogP contribution in [0.2, 0.25) is 0 Å². The Hall–Kier alpha value is -4.38. The lowest BCUT2D eigenvalue weighted by Crippen LogP contribution is -2.47. The number of sulfonamides is 1. The lowest BCUT2D eigenvalue weighted by atomic mass is 9.92. The maximum Gasteiger partial charge on any atom is 0.414 e. The number of rotatable bonds is 9. The lowest BCUT2D eigenvalue weighted by molar-refractivity contribution is -0.138. The summed E-state index contributed by atoms with van der Waals surface area (Å²) in [5.41, 5.74) is -0.813. The molecule has 4 heterocycles. The molecular weight excluding hydrogens is 738 g/mol. The minimum atomic E-state index is -3.78. The van der Waals surface area contributed by atoms with Crippen molar-refractivity contribution in [2.45, 2.75) is 97.7 Å². The number of carbonyl (C=O) groups excluding carboxylic acids is 3. The Morgan fingerprint density at radius 3 is 2.20 bits per heavy atom. The molecule has 0 saturated carbocycles. The molecule has 17 heteroatoms. The first-order valence-electron chi connectivity index (χ1n) is 18.2. The van der Waals surface area contributed by atoms with Crippen molar-refractivity contribution in [3.05, 3.63) is 41.3 Å². The van der Waals surface area contributed by atoms with Crippen molar-refractivity contribution in [3.8, 4) is 21.8 Å². The summed E-state index contributed by atoms with van der Waals surface area (Å²) in [6.45, 7) is 14.4. The van der Waals surface area contributed by atoms with Gasteiger partial charge in [0.25, 0.3) is 0 Å². The Balaban J connectivity index is 1.37. The molecule has 0 bridgehead atoms. The highest BCUT2D eigenvalue weighted by atomic mass is 32.2. The quantitative estimate of drug-likeness (QED) is 0.225. The van der Waals surface area contributed by atoms with E-state index in [0.29, 0.717) is 68.9 Å². The standard InChI is InChI=1S/C37H50FN7O7S2/c1-8-22-54(49,50)43-26-11-9-10-25(28(26)38)29-30(27-12-17-39-33(40-27)42-34(47)51-36(2,3)4)53-31(41-29)23-13-18-44(19-14-23)32(46)24-15-20-45(21-16-24)35(48)52-37(5,6)7/h9-12,17,23-24,43H,8,13-16,18-22H2,1-7H3,(H,39,40,42,47). The van der Waals surface area contributed by atoms with Crippen LogP contribution in [0, 0.1) is 11.7 Å². The molecule has 2 fully saturated rings. The van der Waals surface area contributed by atoms with Gasteiger partial charge >= 0.3 is 12.2 Å². The van der Waals surface area contributed by atoms with E-state index in [1.54, 1.807) is 44.7 Å². The normalized spacial score (nSPS) is 16.2. The van der Waals surface area contributed by atoms with Crippen LogP contribution in [0.4, 0.5) is 25.6 Å². The highest BCUT2D eigenvalue weighted by Crippen LogP contribution is 2.43. The third kappa shape index (κ3) is 10.6. The number of anilines is 2. The molecule has 2 aliphatic heterocycles. The minimum Gasteiger partial charge on any atom is -0.444 e. The second-order valence-corrected chi connectivity index (χ2v) is 18.4. The van der Waals surface area contributed by atoms with Crippen LogP contribution in [-0.2, 0) is 24.3 Å². The van der Waals surface area contributed by atoms with Gasteiger partial charge < -0.3 is 19.3 Å². The number of carbonyl (C=O) groups is 3. The van der Waals surface area contributed by atoms with Gasteiger partial charge in [0.15, 0.2) is 5.82 Å². The molecule has 2 N–H and O–H groups in total. The summed E-state index contributed by atoms with van der Waals surface area (Å²) >= 11 is 1.33. The van der Waals surface area contributed by atoms with Crippen molar-refractivity contribution in [3.63, 3.8) is 0 Å². The largest absolute Gasteiger partial charge is 0.444 e. The molecule has 0 aliphatic carbocycles. The molecule has 2 aliphatic rings. The van der Waals surface area contributed by atoms with Crippen molar-refractivity contribution in [2.24, 2.45) is 5.92 Å². The second-order valence-electron chi connectivity index (χ2n) is 15.6. The van der Waals surface area contributed by atoms with Crippen LogP contribution in [0.15, 0.2) is 30.5 Å². The van der Waals surface area contributed by atoms with Crippen molar-refractivity contribution >= 4 is 51.1 Å². The number of likely N-dealkylation sites (tertiary alicyclic amines) is 2. The molecule has 54 heavy (non-hydrogen) atoms. The number of nitrogens with one attached hydrogen (secondary N) is 2. The van der Waals surface area contributed by atoms with Gasteiger partial charge in [0.1, 0.15) is 11.2 Å². The molecular formula is C37H50FN7O7S2. The number of hydrogen-bond acceptors (Lipinski definition) is 11. The number of benzene rings is 1. The Labute approximate surface area is 320 Å². The summed E-state index contributed by atoms with van der Waals surface area (Å²) < 4.78 is 54.5. The third-order valence-electron chi connectivity index (χ3n) is 8.79. The zero-order valence-electron chi connectivity index (χ0n) is 31.9. The van der Waals surface area contributed by atoms with Crippen LogP contribution in [0.5, 0.6) is 0 Å². The molecule has 0 radical (unpaired) electrons. The Kier molecular flexibility index (Phi) is 12.5. The molecule has 2 aromatic heterocycles. The van der Waals surface area contributed by atoms with Crippen LogP contribution in [-0.4, -0.2) is 94.4 Å². The average Bonchev–Trinajstić information content (AvgIpc) is 3.53. The molecule has 294 valence electrons. The molecule has 3 amide bonds. The van der Waals surface area contributed by atoms with Gasteiger partial charge in [-0.3, -0.25) is 14.8 Å². The SMILES string of the molecule is CCCS(=O)(=O)Nc1cccc(-c2nc(C3CCN(C(=O)C4CCN(C(=O)OC(C)(C)C)CC4)CC3)sc2-c2ccnc(NC(=O)OC(C)(C)C)n2)c1F. The first-order chi connectivity index (χ1) is 25.3. The number of nitrogens with zero attached hydrogens (tertiary/aromatic N) is 5. The Morgan fingerprint density at radius 2 is 1.57 bits per heavy atom. The zero-order valence-corrected chi connectivity index (χ0v) is 33.5. The predicted octanol–water partition coefficient (Wildman–Crippen LogP) is 7.26. The highest BCUT2D eigenvalue weighted by Gasteiger charge is 2.35. The molecule has 2 saturated heterocycles. The minimum absolute atomic E-state index is 0.0204. The third-order valence-corrected chi connectivity index (χ3v) is 11.5. The van der Waals surface area contributed by atoms with Gasteiger partial charge in [0.05, 0.1) is 32.7 Å². The van der Waals surface area contributed by atoms with Crippen molar-refractivity contribution in [1.29, 1.82) is 0 Å². The molecule has 14 nitrogen and oxygen atoms in total. The van der Waals surface area contributed by atoms with E-state index in [9.17, 15) is 22.8 Å². The van der Waals surface area contributed by atoms with Crippen LogP contribution in [0.3, 0.4) is 0 Å². The van der Waals surface area contributed by atoms with E-state index < -0.39 is 33.1 Å². The van der Waals surface area contributed by atoms with Crippen LogP contribution in [0.1, 0.15) is 91.5 Å². The number of halogens is 1. The molecule has 0 unspecified atom stereocenters. The number of amides is 3. The topological polar surface area (TPSA) is 173 Å². The summed E-state index contributed by atoms with van der Waals surface area (Å²) in [6, 6.07) is 6.08. The summed E-state index contributed by atoms with van der Waals surface area (Å²) in [6.07, 6.45) is 3.12. The maximum atomic E-state index is 16.2. The second kappa shape index (κ2) is 16.6. The molecule has 1 aromatic carbocycles. The fraction of sp³-hybridized carbons (Fsp3) is 0.568. The van der Waals surface area contributed by atoms with Gasteiger partial charge in [0, 0.05) is 49.8 Å².